The second-order valence-corrected chi connectivity index (χ2v) is 16.1. The van der Waals surface area contributed by atoms with Gasteiger partial charge in [-0.25, -0.2) is 0 Å². The minimum absolute atomic E-state index is 0.00947. The van der Waals surface area contributed by atoms with Crippen molar-refractivity contribution in [3.8, 4) is 0 Å². The van der Waals surface area contributed by atoms with E-state index in [1.54, 1.807) is 0 Å². The predicted octanol–water partition coefficient (Wildman–Crippen LogP) is 5.98. The van der Waals surface area contributed by atoms with Gasteiger partial charge in [0.15, 0.2) is 11.6 Å². The lowest BCUT2D eigenvalue weighted by molar-refractivity contribution is -0.146. The topological polar surface area (TPSA) is 76.0 Å². The zero-order valence-electron chi connectivity index (χ0n) is 23.3. The van der Waals surface area contributed by atoms with Gasteiger partial charge in [0.1, 0.15) is 0 Å². The van der Waals surface area contributed by atoms with Crippen LogP contribution in [0.25, 0.3) is 0 Å². The summed E-state index contributed by atoms with van der Waals surface area (Å²) >= 11 is 2.41. The summed E-state index contributed by atoms with van der Waals surface area (Å²) in [5.41, 5.74) is -0.274. The van der Waals surface area contributed by atoms with E-state index in [0.717, 1.165) is 44.9 Å². The molecule has 0 aromatic carbocycles. The third-order valence-corrected chi connectivity index (χ3v) is 13.0. The molecule has 5 aliphatic rings. The number of hydrogen-bond donors (Lipinski definition) is 2. The molecule has 0 bridgehead atoms. The summed E-state index contributed by atoms with van der Waals surface area (Å²) in [6.45, 7) is 14.4. The predicted molar refractivity (Wildman–Crippen MR) is 149 cm³/mol. The van der Waals surface area contributed by atoms with E-state index in [1.807, 2.05) is 40.7 Å². The lowest BCUT2D eigenvalue weighted by Gasteiger charge is -2.58. The van der Waals surface area contributed by atoms with Crippen molar-refractivity contribution in [2.45, 2.75) is 133 Å². The van der Waals surface area contributed by atoms with Gasteiger partial charge in [-0.1, -0.05) is 42.0 Å². The smallest absolute Gasteiger partial charge is 0.163 e. The van der Waals surface area contributed by atoms with Gasteiger partial charge in [-0.3, -0.25) is 4.79 Å². The standard InChI is InChI=1S/C30H47IO5/c1-26(2,33)12-11-25(31)30(7,34)24-9-8-18-17-14-21(32)20-15-22-23(36-27(3,4)35-22)16-29(20,6)19(17)10-13-28(18,24)5/h14,18-20,22-25,33-34H,8-13,15-16H2,1-7H3/t18?,19?,20?,22-,23+,24?,25?,28?,29?,30-/m1/s1. The summed E-state index contributed by atoms with van der Waals surface area (Å²) in [5.74, 6) is 0.657. The molecule has 0 radical (unpaired) electrons. The zero-order valence-corrected chi connectivity index (χ0v) is 25.4. The molecule has 204 valence electrons. The van der Waals surface area contributed by atoms with Crippen LogP contribution in [0.3, 0.4) is 0 Å². The Bertz CT molecular complexity index is 934. The average Bonchev–Trinajstić information content (AvgIpc) is 3.25. The maximum atomic E-state index is 13.7. The highest BCUT2D eigenvalue weighted by atomic mass is 127. The number of allylic oxidation sites excluding steroid dienone is 2. The minimum atomic E-state index is -0.813. The van der Waals surface area contributed by atoms with Crippen molar-refractivity contribution in [1.82, 2.24) is 0 Å². The molecule has 4 fully saturated rings. The molecule has 5 nitrogen and oxygen atoms in total. The first-order valence-corrected chi connectivity index (χ1v) is 15.4. The molecule has 10 atom stereocenters. The number of fused-ring (bicyclic) bond motifs is 6. The Kier molecular flexibility index (Phi) is 6.69. The molecule has 0 spiro atoms. The van der Waals surface area contributed by atoms with Gasteiger partial charge in [-0.15, -0.1) is 0 Å². The van der Waals surface area contributed by atoms with Crippen LogP contribution in [-0.2, 0) is 14.3 Å². The third-order valence-electron chi connectivity index (χ3n) is 11.1. The SMILES string of the molecule is CC(C)(O)CCC(I)[C@](C)(O)C1CCC2C3=CC(=O)C4C[C@H]5OC(C)(C)O[C@H]5CC4(C)C3CCC21C. The van der Waals surface area contributed by atoms with Crippen molar-refractivity contribution in [3.63, 3.8) is 0 Å². The van der Waals surface area contributed by atoms with Gasteiger partial charge in [0.05, 0.1) is 23.4 Å². The van der Waals surface area contributed by atoms with Crippen molar-refractivity contribution in [2.24, 2.45) is 34.5 Å². The Labute approximate surface area is 231 Å². The van der Waals surface area contributed by atoms with E-state index in [9.17, 15) is 15.0 Å². The highest BCUT2D eigenvalue weighted by Gasteiger charge is 2.64. The summed E-state index contributed by atoms with van der Waals surface area (Å²) < 4.78 is 12.6. The van der Waals surface area contributed by atoms with Gasteiger partial charge >= 0.3 is 0 Å². The average molecular weight is 615 g/mol. The van der Waals surface area contributed by atoms with Crippen molar-refractivity contribution in [1.29, 1.82) is 0 Å². The first-order valence-electron chi connectivity index (χ1n) is 14.2. The van der Waals surface area contributed by atoms with Crippen LogP contribution in [0.4, 0.5) is 0 Å². The lowest BCUT2D eigenvalue weighted by atomic mass is 9.47. The number of hydrogen-bond acceptors (Lipinski definition) is 5. The Balaban J connectivity index is 1.40. The molecule has 1 heterocycles. The summed E-state index contributed by atoms with van der Waals surface area (Å²) in [6, 6.07) is 0. The van der Waals surface area contributed by atoms with E-state index in [2.05, 4.69) is 36.4 Å². The second kappa shape index (κ2) is 8.74. The molecule has 4 aliphatic carbocycles. The van der Waals surface area contributed by atoms with Crippen LogP contribution in [-0.4, -0.2) is 49.1 Å². The van der Waals surface area contributed by atoms with Crippen LogP contribution in [0.5, 0.6) is 0 Å². The summed E-state index contributed by atoms with van der Waals surface area (Å²) in [7, 11) is 0. The fourth-order valence-electron chi connectivity index (χ4n) is 9.31. The van der Waals surface area contributed by atoms with Crippen LogP contribution < -0.4 is 0 Å². The Morgan fingerprint density at radius 3 is 2.31 bits per heavy atom. The molecule has 3 saturated carbocycles. The van der Waals surface area contributed by atoms with Crippen molar-refractivity contribution in [2.75, 3.05) is 0 Å². The highest BCUT2D eigenvalue weighted by molar-refractivity contribution is 14.1. The van der Waals surface area contributed by atoms with E-state index < -0.39 is 17.0 Å². The monoisotopic (exact) mass is 614 g/mol. The molecule has 0 amide bonds. The highest BCUT2D eigenvalue weighted by Crippen LogP contribution is 2.67. The molecular formula is C30H47IO5. The normalized spacial score (nSPS) is 46.2. The maximum Gasteiger partial charge on any atom is 0.163 e. The summed E-state index contributed by atoms with van der Waals surface area (Å²) in [6.07, 6.45) is 9.42. The maximum absolute atomic E-state index is 13.7. The van der Waals surface area contributed by atoms with Crippen molar-refractivity contribution < 1.29 is 24.5 Å². The van der Waals surface area contributed by atoms with Crippen LogP contribution in [0.15, 0.2) is 11.6 Å². The van der Waals surface area contributed by atoms with E-state index in [0.29, 0.717) is 18.3 Å². The van der Waals surface area contributed by atoms with Gasteiger partial charge < -0.3 is 19.7 Å². The molecule has 1 aliphatic heterocycles. The number of alkyl halides is 1. The molecule has 5 rings (SSSR count). The number of carbonyl (C=O) groups excluding carboxylic acids is 1. The van der Waals surface area contributed by atoms with E-state index >= 15 is 0 Å². The van der Waals surface area contributed by atoms with Crippen LogP contribution >= 0.6 is 22.6 Å². The molecule has 0 aromatic heterocycles. The Hall–Kier alpha value is -0.0200. The molecule has 7 unspecified atom stereocenters. The van der Waals surface area contributed by atoms with Crippen molar-refractivity contribution >= 4 is 28.4 Å². The van der Waals surface area contributed by atoms with E-state index in [1.165, 1.54) is 5.57 Å². The van der Waals surface area contributed by atoms with E-state index in [4.69, 9.17) is 9.47 Å². The Morgan fingerprint density at radius 2 is 1.64 bits per heavy atom. The number of halogens is 1. The lowest BCUT2D eigenvalue weighted by Crippen LogP contribution is -2.56. The number of aliphatic hydroxyl groups is 2. The molecule has 0 aromatic rings. The number of carbonyl (C=O) groups is 1. The summed E-state index contributed by atoms with van der Waals surface area (Å²) in [5, 5.41) is 22.2. The van der Waals surface area contributed by atoms with Crippen LogP contribution in [0.2, 0.25) is 0 Å². The van der Waals surface area contributed by atoms with Gasteiger partial charge in [-0.2, -0.15) is 0 Å². The molecule has 36 heavy (non-hydrogen) atoms. The quantitative estimate of drug-likeness (QED) is 0.295. The fourth-order valence-corrected chi connectivity index (χ4v) is 10.1. The molecule has 2 N–H and O–H groups in total. The largest absolute Gasteiger partial charge is 0.390 e. The van der Waals surface area contributed by atoms with E-state index in [-0.39, 0.29) is 44.6 Å². The van der Waals surface area contributed by atoms with Crippen molar-refractivity contribution in [3.05, 3.63) is 11.6 Å². The number of ether oxygens (including phenoxy) is 2. The first-order chi connectivity index (χ1) is 16.5. The molecule has 1 saturated heterocycles. The Morgan fingerprint density at radius 1 is 1.00 bits per heavy atom. The zero-order chi connectivity index (χ0) is 26.5. The minimum Gasteiger partial charge on any atom is -0.390 e. The third kappa shape index (κ3) is 4.37. The van der Waals surface area contributed by atoms with Crippen LogP contribution in [0.1, 0.15) is 99.8 Å². The van der Waals surface area contributed by atoms with Gasteiger partial charge in [0.2, 0.25) is 0 Å². The summed E-state index contributed by atoms with van der Waals surface area (Å²) in [4.78, 5) is 13.7. The fraction of sp³-hybridized carbons (Fsp3) is 0.900. The number of ketones is 1. The van der Waals surface area contributed by atoms with Gasteiger partial charge in [0, 0.05) is 9.84 Å². The van der Waals surface area contributed by atoms with Crippen LogP contribution in [0, 0.1) is 34.5 Å². The first kappa shape index (κ1) is 27.5. The number of rotatable bonds is 5. The molecule has 6 heteroatoms. The second-order valence-electron chi connectivity index (χ2n) is 14.6. The molecular weight excluding hydrogens is 567 g/mol. The van der Waals surface area contributed by atoms with Gasteiger partial charge in [-0.05, 0) is 121 Å². The van der Waals surface area contributed by atoms with Gasteiger partial charge in [0.25, 0.3) is 0 Å².